The number of nitrogens with one attached hydrogen (secondary N) is 1. The molecule has 0 aliphatic carbocycles. The minimum absolute atomic E-state index is 0.391. The molecule has 0 atom stereocenters. The fourth-order valence-corrected chi connectivity index (χ4v) is 3.58. The number of ether oxygens (including phenoxy) is 3. The smallest absolute Gasteiger partial charge is 0.227 e. The van der Waals surface area contributed by atoms with Crippen LogP contribution in [0.2, 0.25) is 0 Å². The second-order valence-electron chi connectivity index (χ2n) is 6.84. The van der Waals surface area contributed by atoms with E-state index in [0.717, 1.165) is 54.8 Å². The SMILES string of the molecule is CCOc1ccccc1Nc1cc(C)nc(N2CCC3(CC2)OCCO3)n1. The Bertz CT molecular complexity index is 783. The van der Waals surface area contributed by atoms with Gasteiger partial charge in [-0.15, -0.1) is 0 Å². The largest absolute Gasteiger partial charge is 0.492 e. The highest BCUT2D eigenvalue weighted by atomic mass is 16.7. The van der Waals surface area contributed by atoms with Gasteiger partial charge < -0.3 is 24.4 Å². The molecule has 2 fully saturated rings. The molecule has 3 heterocycles. The summed E-state index contributed by atoms with van der Waals surface area (Å²) >= 11 is 0. The summed E-state index contributed by atoms with van der Waals surface area (Å²) in [6, 6.07) is 9.82. The molecular weight excluding hydrogens is 344 g/mol. The molecule has 0 amide bonds. The molecule has 7 nitrogen and oxygen atoms in total. The number of rotatable bonds is 5. The lowest BCUT2D eigenvalue weighted by Gasteiger charge is -2.37. The Morgan fingerprint density at radius 1 is 1.15 bits per heavy atom. The first-order valence-electron chi connectivity index (χ1n) is 9.55. The number of piperidine rings is 1. The van der Waals surface area contributed by atoms with Crippen LogP contribution in [0, 0.1) is 6.92 Å². The van der Waals surface area contributed by atoms with Crippen LogP contribution in [0.25, 0.3) is 0 Å². The van der Waals surface area contributed by atoms with Gasteiger partial charge in [-0.25, -0.2) is 4.98 Å². The standard InChI is InChI=1S/C20H26N4O3/c1-3-25-17-7-5-4-6-16(17)22-18-14-15(2)21-19(23-18)24-10-8-20(9-11-24)26-12-13-27-20/h4-7,14H,3,8-13H2,1-2H3,(H,21,22,23). The number of para-hydroxylation sites is 2. The summed E-state index contributed by atoms with van der Waals surface area (Å²) in [4.78, 5) is 11.6. The lowest BCUT2D eigenvalue weighted by molar-refractivity contribution is -0.169. The Balaban J connectivity index is 1.51. The predicted molar refractivity (Wildman–Crippen MR) is 104 cm³/mol. The topological polar surface area (TPSA) is 68.7 Å². The van der Waals surface area contributed by atoms with Gasteiger partial charge in [0.25, 0.3) is 0 Å². The van der Waals surface area contributed by atoms with Gasteiger partial charge >= 0.3 is 0 Å². The minimum atomic E-state index is -0.391. The van der Waals surface area contributed by atoms with Crippen molar-refractivity contribution in [1.29, 1.82) is 0 Å². The average Bonchev–Trinajstić information content (AvgIpc) is 3.12. The Hall–Kier alpha value is -2.38. The number of hydrogen-bond acceptors (Lipinski definition) is 7. The molecule has 2 aromatic rings. The van der Waals surface area contributed by atoms with Gasteiger partial charge in [-0.3, -0.25) is 0 Å². The summed E-state index contributed by atoms with van der Waals surface area (Å²) < 4.78 is 17.3. The Morgan fingerprint density at radius 3 is 2.63 bits per heavy atom. The molecule has 4 rings (SSSR count). The molecule has 1 aromatic carbocycles. The number of aromatic nitrogens is 2. The van der Waals surface area contributed by atoms with Crippen molar-refractivity contribution in [2.75, 3.05) is 43.1 Å². The van der Waals surface area contributed by atoms with E-state index in [1.807, 2.05) is 44.2 Å². The maximum absolute atomic E-state index is 5.81. The first kappa shape index (κ1) is 18.0. The van der Waals surface area contributed by atoms with Crippen molar-refractivity contribution in [1.82, 2.24) is 9.97 Å². The van der Waals surface area contributed by atoms with Crippen LogP contribution in [0.5, 0.6) is 5.75 Å². The highest BCUT2D eigenvalue weighted by Crippen LogP contribution is 2.33. The van der Waals surface area contributed by atoms with Crippen molar-refractivity contribution in [2.24, 2.45) is 0 Å². The molecule has 0 unspecified atom stereocenters. The van der Waals surface area contributed by atoms with Gasteiger partial charge in [0.05, 0.1) is 25.5 Å². The lowest BCUT2D eigenvalue weighted by atomic mass is 10.0. The Kier molecular flexibility index (Phi) is 5.13. The summed E-state index contributed by atoms with van der Waals surface area (Å²) in [6.45, 7) is 7.59. The van der Waals surface area contributed by atoms with E-state index in [9.17, 15) is 0 Å². The fraction of sp³-hybridized carbons (Fsp3) is 0.500. The summed E-state index contributed by atoms with van der Waals surface area (Å²) in [6.07, 6.45) is 1.67. The fourth-order valence-electron chi connectivity index (χ4n) is 3.58. The second kappa shape index (κ2) is 7.70. The molecule has 0 saturated carbocycles. The molecule has 2 aliphatic heterocycles. The van der Waals surface area contributed by atoms with E-state index in [-0.39, 0.29) is 0 Å². The van der Waals surface area contributed by atoms with Gasteiger partial charge in [0.15, 0.2) is 5.79 Å². The molecule has 144 valence electrons. The van der Waals surface area contributed by atoms with Crippen LogP contribution in [-0.2, 0) is 9.47 Å². The summed E-state index contributed by atoms with van der Waals surface area (Å²) in [5.74, 6) is 1.92. The molecule has 2 aliphatic rings. The molecule has 7 heteroatoms. The number of aryl methyl sites for hydroxylation is 1. The van der Waals surface area contributed by atoms with Crippen molar-refractivity contribution in [3.63, 3.8) is 0 Å². The number of hydrogen-bond donors (Lipinski definition) is 1. The molecule has 0 bridgehead atoms. The van der Waals surface area contributed by atoms with Gasteiger partial charge in [0, 0.05) is 37.7 Å². The first-order chi connectivity index (χ1) is 13.2. The lowest BCUT2D eigenvalue weighted by Crippen LogP contribution is -2.45. The van der Waals surface area contributed by atoms with Gasteiger partial charge in [-0.2, -0.15) is 4.98 Å². The van der Waals surface area contributed by atoms with E-state index in [1.165, 1.54) is 0 Å². The minimum Gasteiger partial charge on any atom is -0.492 e. The maximum atomic E-state index is 5.81. The van der Waals surface area contributed by atoms with Crippen LogP contribution in [0.4, 0.5) is 17.5 Å². The third kappa shape index (κ3) is 3.99. The third-order valence-electron chi connectivity index (χ3n) is 4.91. The van der Waals surface area contributed by atoms with E-state index < -0.39 is 5.79 Å². The maximum Gasteiger partial charge on any atom is 0.227 e. The van der Waals surface area contributed by atoms with Crippen molar-refractivity contribution >= 4 is 17.5 Å². The zero-order valence-corrected chi connectivity index (χ0v) is 15.9. The van der Waals surface area contributed by atoms with E-state index in [2.05, 4.69) is 15.2 Å². The van der Waals surface area contributed by atoms with Crippen molar-refractivity contribution in [2.45, 2.75) is 32.5 Å². The van der Waals surface area contributed by atoms with Crippen LogP contribution in [0.3, 0.4) is 0 Å². The summed E-state index contributed by atoms with van der Waals surface area (Å²) in [5.41, 5.74) is 1.82. The average molecular weight is 370 g/mol. The normalized spacial score (nSPS) is 18.7. The van der Waals surface area contributed by atoms with Gasteiger partial charge in [0.1, 0.15) is 11.6 Å². The van der Waals surface area contributed by atoms with Gasteiger partial charge in [-0.05, 0) is 26.0 Å². The van der Waals surface area contributed by atoms with Crippen molar-refractivity contribution in [3.05, 3.63) is 36.0 Å². The molecule has 0 radical (unpaired) electrons. The zero-order valence-electron chi connectivity index (χ0n) is 15.9. The monoisotopic (exact) mass is 370 g/mol. The molecule has 27 heavy (non-hydrogen) atoms. The van der Waals surface area contributed by atoms with E-state index in [0.29, 0.717) is 19.8 Å². The molecule has 1 spiro atoms. The first-order valence-corrected chi connectivity index (χ1v) is 9.55. The highest BCUT2D eigenvalue weighted by Gasteiger charge is 2.40. The van der Waals surface area contributed by atoms with Crippen LogP contribution in [-0.4, -0.2) is 48.7 Å². The molecule has 1 N–H and O–H groups in total. The quantitative estimate of drug-likeness (QED) is 0.866. The van der Waals surface area contributed by atoms with Crippen LogP contribution < -0.4 is 15.0 Å². The Morgan fingerprint density at radius 2 is 1.89 bits per heavy atom. The van der Waals surface area contributed by atoms with Gasteiger partial charge in [0.2, 0.25) is 5.95 Å². The van der Waals surface area contributed by atoms with Crippen LogP contribution >= 0.6 is 0 Å². The van der Waals surface area contributed by atoms with Crippen LogP contribution in [0.15, 0.2) is 30.3 Å². The van der Waals surface area contributed by atoms with E-state index >= 15 is 0 Å². The zero-order chi connectivity index (χ0) is 18.7. The number of benzene rings is 1. The second-order valence-corrected chi connectivity index (χ2v) is 6.84. The van der Waals surface area contributed by atoms with Crippen LogP contribution in [0.1, 0.15) is 25.5 Å². The highest BCUT2D eigenvalue weighted by molar-refractivity contribution is 5.64. The molecule has 2 saturated heterocycles. The summed E-state index contributed by atoms with van der Waals surface area (Å²) in [5, 5.41) is 3.37. The van der Waals surface area contributed by atoms with E-state index in [4.69, 9.17) is 19.2 Å². The number of anilines is 3. The predicted octanol–water partition coefficient (Wildman–Crippen LogP) is 3.27. The Labute approximate surface area is 159 Å². The van der Waals surface area contributed by atoms with Gasteiger partial charge in [-0.1, -0.05) is 12.1 Å². The van der Waals surface area contributed by atoms with Crippen molar-refractivity contribution in [3.8, 4) is 5.75 Å². The molecule has 1 aromatic heterocycles. The summed E-state index contributed by atoms with van der Waals surface area (Å²) in [7, 11) is 0. The number of nitrogens with zero attached hydrogens (tertiary/aromatic N) is 3. The molecular formula is C20H26N4O3. The van der Waals surface area contributed by atoms with Crippen molar-refractivity contribution < 1.29 is 14.2 Å². The third-order valence-corrected chi connectivity index (χ3v) is 4.91. The van der Waals surface area contributed by atoms with E-state index in [1.54, 1.807) is 0 Å².